The molecule has 4 heterocycles. The lowest BCUT2D eigenvalue weighted by Gasteiger charge is -2.31. The minimum atomic E-state index is -4.53. The fourth-order valence-corrected chi connectivity index (χ4v) is 3.20. The van der Waals surface area contributed by atoms with E-state index >= 15 is 0 Å². The van der Waals surface area contributed by atoms with Crippen molar-refractivity contribution < 1.29 is 13.2 Å². The number of aromatic amines is 1. The van der Waals surface area contributed by atoms with Gasteiger partial charge in [0.15, 0.2) is 5.65 Å². The molecule has 0 spiro atoms. The van der Waals surface area contributed by atoms with E-state index in [1.54, 1.807) is 18.3 Å². The molecule has 4 rings (SSSR count). The number of hydrogen-bond donors (Lipinski definition) is 2. The molecule has 0 atom stereocenters. The van der Waals surface area contributed by atoms with Crippen molar-refractivity contribution in [3.05, 3.63) is 36.0 Å². The largest absolute Gasteiger partial charge is 0.418 e. The number of piperidine rings is 1. The number of H-pyrrole nitrogens is 1. The van der Waals surface area contributed by atoms with E-state index in [9.17, 15) is 13.2 Å². The van der Waals surface area contributed by atoms with Crippen LogP contribution in [0.2, 0.25) is 0 Å². The number of nitrogens with one attached hydrogen (secondary N) is 1. The molecule has 1 saturated heterocycles. The number of rotatable bonds is 2. The fourth-order valence-electron chi connectivity index (χ4n) is 3.20. The molecule has 1 aliphatic heterocycles. The Hall–Kier alpha value is -2.68. The maximum atomic E-state index is 13.5. The van der Waals surface area contributed by atoms with Crippen molar-refractivity contribution in [2.24, 2.45) is 5.73 Å². The third-order valence-electron chi connectivity index (χ3n) is 4.61. The van der Waals surface area contributed by atoms with Crippen LogP contribution in [0.3, 0.4) is 0 Å². The van der Waals surface area contributed by atoms with Gasteiger partial charge in [-0.1, -0.05) is 0 Å². The third-order valence-corrected chi connectivity index (χ3v) is 4.61. The zero-order valence-corrected chi connectivity index (χ0v) is 13.8. The van der Waals surface area contributed by atoms with Crippen LogP contribution < -0.4 is 10.6 Å². The Kier molecular flexibility index (Phi) is 4.03. The molecule has 3 aromatic rings. The van der Waals surface area contributed by atoms with Gasteiger partial charge >= 0.3 is 6.18 Å². The summed E-state index contributed by atoms with van der Waals surface area (Å²) in [5.41, 5.74) is 5.48. The highest BCUT2D eigenvalue weighted by atomic mass is 19.4. The molecule has 1 fully saturated rings. The molecule has 3 N–H and O–H groups in total. The highest BCUT2D eigenvalue weighted by molar-refractivity contribution is 5.90. The van der Waals surface area contributed by atoms with Crippen LogP contribution in [0, 0.1) is 0 Å². The standard InChI is InChI=1S/C17H17F3N6/c18-17(19,20)12-3-4-13(26-8-5-10(21)6-9-26)23-15(12)14-11-2-1-7-22-16(11)25-24-14/h1-4,7,10H,5-6,8-9,21H2,(H,22,24,25). The summed E-state index contributed by atoms with van der Waals surface area (Å²) in [4.78, 5) is 10.4. The van der Waals surface area contributed by atoms with Crippen molar-refractivity contribution in [2.75, 3.05) is 18.0 Å². The minimum Gasteiger partial charge on any atom is -0.356 e. The number of aromatic nitrogens is 4. The van der Waals surface area contributed by atoms with Gasteiger partial charge in [0.2, 0.25) is 0 Å². The first-order chi connectivity index (χ1) is 12.4. The number of alkyl halides is 3. The Bertz CT molecular complexity index is 928. The van der Waals surface area contributed by atoms with E-state index in [1.165, 1.54) is 6.07 Å². The first-order valence-electron chi connectivity index (χ1n) is 8.32. The quantitative estimate of drug-likeness (QED) is 0.732. The number of anilines is 1. The zero-order valence-electron chi connectivity index (χ0n) is 13.8. The van der Waals surface area contributed by atoms with Crippen molar-refractivity contribution >= 4 is 16.9 Å². The molecular weight excluding hydrogens is 345 g/mol. The number of halogens is 3. The molecule has 136 valence electrons. The van der Waals surface area contributed by atoms with Crippen LogP contribution >= 0.6 is 0 Å². The zero-order chi connectivity index (χ0) is 18.3. The van der Waals surface area contributed by atoms with Gasteiger partial charge in [0.05, 0.1) is 5.56 Å². The molecular formula is C17H17F3N6. The van der Waals surface area contributed by atoms with Crippen molar-refractivity contribution in [1.82, 2.24) is 20.2 Å². The van der Waals surface area contributed by atoms with Crippen LogP contribution in [0.25, 0.3) is 22.4 Å². The smallest absolute Gasteiger partial charge is 0.356 e. The summed E-state index contributed by atoms with van der Waals surface area (Å²) >= 11 is 0. The van der Waals surface area contributed by atoms with Gasteiger partial charge in [-0.3, -0.25) is 5.10 Å². The molecule has 0 radical (unpaired) electrons. The van der Waals surface area contributed by atoms with Crippen molar-refractivity contribution in [2.45, 2.75) is 25.1 Å². The molecule has 0 aliphatic carbocycles. The number of hydrogen-bond acceptors (Lipinski definition) is 5. The second-order valence-corrected chi connectivity index (χ2v) is 6.36. The monoisotopic (exact) mass is 362 g/mol. The van der Waals surface area contributed by atoms with Crippen molar-refractivity contribution in [3.63, 3.8) is 0 Å². The van der Waals surface area contributed by atoms with E-state index in [-0.39, 0.29) is 17.4 Å². The van der Waals surface area contributed by atoms with Crippen LogP contribution in [0.1, 0.15) is 18.4 Å². The second kappa shape index (κ2) is 6.24. The van der Waals surface area contributed by atoms with E-state index < -0.39 is 11.7 Å². The number of pyridine rings is 2. The molecule has 1 aliphatic rings. The van der Waals surface area contributed by atoms with Gasteiger partial charge in [-0.15, -0.1) is 0 Å². The van der Waals surface area contributed by atoms with Gasteiger partial charge in [0.25, 0.3) is 0 Å². The molecule has 0 unspecified atom stereocenters. The maximum absolute atomic E-state index is 13.5. The van der Waals surface area contributed by atoms with E-state index in [0.29, 0.717) is 29.9 Å². The topological polar surface area (TPSA) is 83.7 Å². The Morgan fingerprint density at radius 2 is 1.88 bits per heavy atom. The molecule has 3 aromatic heterocycles. The summed E-state index contributed by atoms with van der Waals surface area (Å²) in [5.74, 6) is 0.500. The second-order valence-electron chi connectivity index (χ2n) is 6.36. The average molecular weight is 362 g/mol. The Balaban J connectivity index is 1.84. The lowest BCUT2D eigenvalue weighted by Crippen LogP contribution is -2.40. The summed E-state index contributed by atoms with van der Waals surface area (Å²) < 4.78 is 40.6. The van der Waals surface area contributed by atoms with Gasteiger partial charge < -0.3 is 10.6 Å². The van der Waals surface area contributed by atoms with E-state index in [2.05, 4.69) is 20.2 Å². The molecule has 0 saturated carbocycles. The predicted octanol–water partition coefficient (Wildman–Crippen LogP) is 2.97. The van der Waals surface area contributed by atoms with Crippen molar-refractivity contribution in [3.8, 4) is 11.4 Å². The van der Waals surface area contributed by atoms with Gasteiger partial charge in [-0.2, -0.15) is 18.3 Å². The minimum absolute atomic E-state index is 0.126. The van der Waals surface area contributed by atoms with Crippen molar-refractivity contribution in [1.29, 1.82) is 0 Å². The predicted molar refractivity (Wildman–Crippen MR) is 91.5 cm³/mol. The molecule has 26 heavy (non-hydrogen) atoms. The molecule has 9 heteroatoms. The highest BCUT2D eigenvalue weighted by Gasteiger charge is 2.36. The average Bonchev–Trinajstić information content (AvgIpc) is 3.05. The van der Waals surface area contributed by atoms with Crippen LogP contribution in [0.15, 0.2) is 30.5 Å². The van der Waals surface area contributed by atoms with Crippen LogP contribution in [0.4, 0.5) is 19.0 Å². The number of nitrogens with two attached hydrogens (primary N) is 1. The van der Waals surface area contributed by atoms with Crippen LogP contribution in [-0.4, -0.2) is 39.3 Å². The van der Waals surface area contributed by atoms with E-state index in [1.807, 2.05) is 4.90 Å². The fraction of sp³-hybridized carbons (Fsp3) is 0.353. The Labute approximate surface area is 147 Å². The molecule has 0 amide bonds. The number of fused-ring (bicyclic) bond motifs is 1. The molecule has 0 bridgehead atoms. The van der Waals surface area contributed by atoms with Crippen LogP contribution in [-0.2, 0) is 6.18 Å². The Morgan fingerprint density at radius 3 is 2.62 bits per heavy atom. The lowest BCUT2D eigenvalue weighted by atomic mass is 10.1. The highest BCUT2D eigenvalue weighted by Crippen LogP contribution is 2.38. The maximum Gasteiger partial charge on any atom is 0.418 e. The van der Waals surface area contributed by atoms with Gasteiger partial charge in [0.1, 0.15) is 17.2 Å². The summed E-state index contributed by atoms with van der Waals surface area (Å²) in [6, 6.07) is 5.95. The summed E-state index contributed by atoms with van der Waals surface area (Å²) in [6.07, 6.45) is -1.41. The summed E-state index contributed by atoms with van der Waals surface area (Å²) in [5, 5.41) is 7.22. The first kappa shape index (κ1) is 16.8. The third kappa shape index (κ3) is 2.98. The molecule has 6 nitrogen and oxygen atoms in total. The first-order valence-corrected chi connectivity index (χ1v) is 8.32. The molecule has 0 aromatic carbocycles. The number of nitrogens with zero attached hydrogens (tertiary/aromatic N) is 4. The normalized spacial score (nSPS) is 16.4. The Morgan fingerprint density at radius 1 is 1.12 bits per heavy atom. The summed E-state index contributed by atoms with van der Waals surface area (Å²) in [7, 11) is 0. The SMILES string of the molecule is NC1CCN(c2ccc(C(F)(F)F)c(-c3n[nH]c4ncccc34)n2)CC1. The van der Waals surface area contributed by atoms with Gasteiger partial charge in [0, 0.05) is 30.7 Å². The van der Waals surface area contributed by atoms with E-state index in [0.717, 1.165) is 18.9 Å². The summed E-state index contributed by atoms with van der Waals surface area (Å²) in [6.45, 7) is 1.34. The van der Waals surface area contributed by atoms with E-state index in [4.69, 9.17) is 5.73 Å². The van der Waals surface area contributed by atoms with Crippen LogP contribution in [0.5, 0.6) is 0 Å². The lowest BCUT2D eigenvalue weighted by molar-refractivity contribution is -0.137. The van der Waals surface area contributed by atoms with Gasteiger partial charge in [-0.05, 0) is 37.1 Å². The van der Waals surface area contributed by atoms with Gasteiger partial charge in [-0.25, -0.2) is 9.97 Å².